The molecule has 0 bridgehead atoms. The average molecular weight is 406 g/mol. The maximum atomic E-state index is 12.6. The summed E-state index contributed by atoms with van der Waals surface area (Å²) in [5, 5.41) is 5.31. The molecule has 0 spiro atoms. The normalized spacial score (nSPS) is 15.3. The first-order valence-electron chi connectivity index (χ1n) is 8.76. The van der Waals surface area contributed by atoms with Gasteiger partial charge in [-0.15, -0.1) is 0 Å². The molecule has 1 aromatic carbocycles. The van der Waals surface area contributed by atoms with Crippen LogP contribution in [0.3, 0.4) is 0 Å². The molecule has 0 atom stereocenters. The SMILES string of the molecule is COc1ccc(S(=O)(=O)C=Cc2cnc(SC)nc2NC2CCCC2)cc1. The molecule has 0 saturated heterocycles. The first kappa shape index (κ1) is 19.7. The van der Waals surface area contributed by atoms with Crippen LogP contribution in [-0.2, 0) is 9.84 Å². The van der Waals surface area contributed by atoms with E-state index in [1.165, 1.54) is 42.1 Å². The third kappa shape index (κ3) is 5.01. The van der Waals surface area contributed by atoms with Crippen LogP contribution in [0.1, 0.15) is 31.2 Å². The molecule has 0 aliphatic heterocycles. The molecule has 144 valence electrons. The maximum absolute atomic E-state index is 12.6. The number of hydrogen-bond acceptors (Lipinski definition) is 7. The summed E-state index contributed by atoms with van der Waals surface area (Å²) in [6.07, 6.45) is 9.75. The van der Waals surface area contributed by atoms with Gasteiger partial charge in [0.2, 0.25) is 0 Å². The number of thioether (sulfide) groups is 1. The fourth-order valence-electron chi connectivity index (χ4n) is 2.98. The van der Waals surface area contributed by atoms with E-state index in [2.05, 4.69) is 15.3 Å². The monoisotopic (exact) mass is 405 g/mol. The Kier molecular flexibility index (Phi) is 6.38. The van der Waals surface area contributed by atoms with Crippen LogP contribution in [0.2, 0.25) is 0 Å². The smallest absolute Gasteiger partial charge is 0.199 e. The fourth-order valence-corrected chi connectivity index (χ4v) is 4.32. The number of benzene rings is 1. The molecule has 1 heterocycles. The lowest BCUT2D eigenvalue weighted by Gasteiger charge is -2.15. The number of ether oxygens (including phenoxy) is 1. The van der Waals surface area contributed by atoms with Crippen LogP contribution >= 0.6 is 11.8 Å². The van der Waals surface area contributed by atoms with Gasteiger partial charge >= 0.3 is 0 Å². The summed E-state index contributed by atoms with van der Waals surface area (Å²) >= 11 is 1.46. The molecule has 1 aliphatic carbocycles. The number of nitrogens with one attached hydrogen (secondary N) is 1. The molecule has 1 fully saturated rings. The van der Waals surface area contributed by atoms with Gasteiger partial charge in [-0.25, -0.2) is 18.4 Å². The van der Waals surface area contributed by atoms with Crippen LogP contribution in [0.4, 0.5) is 5.82 Å². The third-order valence-electron chi connectivity index (χ3n) is 4.49. The predicted octanol–water partition coefficient (Wildman–Crippen LogP) is 4.01. The van der Waals surface area contributed by atoms with E-state index in [9.17, 15) is 8.42 Å². The van der Waals surface area contributed by atoms with Crippen LogP contribution in [0.15, 0.2) is 45.9 Å². The summed E-state index contributed by atoms with van der Waals surface area (Å²) in [7, 11) is -2.03. The minimum absolute atomic E-state index is 0.214. The molecule has 0 radical (unpaired) electrons. The van der Waals surface area contributed by atoms with Crippen LogP contribution in [-0.4, -0.2) is 37.8 Å². The van der Waals surface area contributed by atoms with Gasteiger partial charge in [-0.05, 0) is 49.4 Å². The average Bonchev–Trinajstić information content (AvgIpc) is 3.20. The van der Waals surface area contributed by atoms with E-state index in [4.69, 9.17) is 4.74 Å². The van der Waals surface area contributed by atoms with Crippen molar-refractivity contribution in [2.24, 2.45) is 0 Å². The molecular weight excluding hydrogens is 382 g/mol. The van der Waals surface area contributed by atoms with Crippen molar-refractivity contribution < 1.29 is 13.2 Å². The summed E-state index contributed by atoms with van der Waals surface area (Å²) in [5.74, 6) is 1.30. The molecule has 27 heavy (non-hydrogen) atoms. The number of sulfone groups is 1. The van der Waals surface area contributed by atoms with Crippen molar-refractivity contribution in [3.63, 3.8) is 0 Å². The summed E-state index contributed by atoms with van der Waals surface area (Å²) < 4.78 is 30.3. The zero-order valence-electron chi connectivity index (χ0n) is 15.4. The molecule has 0 unspecified atom stereocenters. The second-order valence-corrected chi connectivity index (χ2v) is 8.92. The Labute approximate surface area is 164 Å². The Bertz CT molecular complexity index is 906. The Morgan fingerprint density at radius 1 is 1.22 bits per heavy atom. The first-order chi connectivity index (χ1) is 13.0. The first-order valence-corrected chi connectivity index (χ1v) is 11.5. The molecule has 1 aromatic heterocycles. The second-order valence-electron chi connectivity index (χ2n) is 6.31. The van der Waals surface area contributed by atoms with Gasteiger partial charge in [0.25, 0.3) is 0 Å². The van der Waals surface area contributed by atoms with Gasteiger partial charge in [0.15, 0.2) is 15.0 Å². The highest BCUT2D eigenvalue weighted by atomic mass is 32.2. The largest absolute Gasteiger partial charge is 0.497 e. The highest BCUT2D eigenvalue weighted by Crippen LogP contribution is 2.26. The number of methoxy groups -OCH3 is 1. The van der Waals surface area contributed by atoms with Gasteiger partial charge < -0.3 is 10.1 Å². The van der Waals surface area contributed by atoms with Crippen LogP contribution < -0.4 is 10.1 Å². The number of rotatable bonds is 7. The van der Waals surface area contributed by atoms with Crippen molar-refractivity contribution >= 4 is 33.5 Å². The van der Waals surface area contributed by atoms with E-state index in [0.717, 1.165) is 12.8 Å². The van der Waals surface area contributed by atoms with Gasteiger partial charge in [-0.2, -0.15) is 0 Å². The van der Waals surface area contributed by atoms with Gasteiger partial charge in [0, 0.05) is 23.2 Å². The fraction of sp³-hybridized carbons (Fsp3) is 0.368. The lowest BCUT2D eigenvalue weighted by atomic mass is 10.2. The Balaban J connectivity index is 1.85. The van der Waals surface area contributed by atoms with Crippen LogP contribution in [0.25, 0.3) is 6.08 Å². The van der Waals surface area contributed by atoms with Crippen LogP contribution in [0, 0.1) is 0 Å². The van der Waals surface area contributed by atoms with E-state index < -0.39 is 9.84 Å². The zero-order valence-corrected chi connectivity index (χ0v) is 17.0. The molecule has 2 aromatic rings. The Hall–Kier alpha value is -2.06. The maximum Gasteiger partial charge on any atom is 0.199 e. The molecule has 3 rings (SSSR count). The van der Waals surface area contributed by atoms with Crippen molar-refractivity contribution in [1.82, 2.24) is 9.97 Å². The van der Waals surface area contributed by atoms with Crippen molar-refractivity contribution in [3.8, 4) is 5.75 Å². The van der Waals surface area contributed by atoms with Crippen molar-refractivity contribution in [2.75, 3.05) is 18.7 Å². The van der Waals surface area contributed by atoms with E-state index in [0.29, 0.717) is 28.3 Å². The third-order valence-corrected chi connectivity index (χ3v) is 6.47. The lowest BCUT2D eigenvalue weighted by molar-refractivity contribution is 0.414. The second kappa shape index (κ2) is 8.75. The van der Waals surface area contributed by atoms with Crippen molar-refractivity contribution in [1.29, 1.82) is 0 Å². The van der Waals surface area contributed by atoms with E-state index >= 15 is 0 Å². The standard InChI is InChI=1S/C19H23N3O3S2/c1-25-16-7-9-17(10-8-16)27(23,24)12-11-14-13-20-19(26-2)22-18(14)21-15-5-3-4-6-15/h7-13,15H,3-6H2,1-2H3,(H,20,21,22). The highest BCUT2D eigenvalue weighted by Gasteiger charge is 2.17. The van der Waals surface area contributed by atoms with Gasteiger partial charge in [-0.3, -0.25) is 0 Å². The van der Waals surface area contributed by atoms with E-state index in [1.54, 1.807) is 31.5 Å². The minimum atomic E-state index is -3.57. The predicted molar refractivity (Wildman–Crippen MR) is 109 cm³/mol. The number of hydrogen-bond donors (Lipinski definition) is 1. The molecule has 1 aliphatic rings. The molecule has 1 N–H and O–H groups in total. The Morgan fingerprint density at radius 2 is 1.93 bits per heavy atom. The van der Waals surface area contributed by atoms with E-state index in [-0.39, 0.29) is 4.90 Å². The number of nitrogens with zero attached hydrogens (tertiary/aromatic N) is 2. The molecule has 8 heteroatoms. The van der Waals surface area contributed by atoms with Crippen molar-refractivity contribution in [3.05, 3.63) is 41.4 Å². The summed E-state index contributed by atoms with van der Waals surface area (Å²) in [4.78, 5) is 9.02. The number of aromatic nitrogens is 2. The highest BCUT2D eigenvalue weighted by molar-refractivity contribution is 7.98. The summed E-state index contributed by atoms with van der Waals surface area (Å²) in [5.41, 5.74) is 0.664. The molecule has 6 nitrogen and oxygen atoms in total. The Morgan fingerprint density at radius 3 is 2.56 bits per heavy atom. The van der Waals surface area contributed by atoms with Gasteiger partial charge in [0.05, 0.1) is 12.0 Å². The van der Waals surface area contributed by atoms with E-state index in [1.807, 2.05) is 6.26 Å². The summed E-state index contributed by atoms with van der Waals surface area (Å²) in [6, 6.07) is 6.70. The van der Waals surface area contributed by atoms with Crippen LogP contribution in [0.5, 0.6) is 5.75 Å². The van der Waals surface area contributed by atoms with Gasteiger partial charge in [0.1, 0.15) is 11.6 Å². The molecular formula is C19H23N3O3S2. The minimum Gasteiger partial charge on any atom is -0.497 e. The zero-order chi connectivity index (χ0) is 19.3. The summed E-state index contributed by atoms with van der Waals surface area (Å²) in [6.45, 7) is 0. The van der Waals surface area contributed by atoms with Gasteiger partial charge in [-0.1, -0.05) is 24.6 Å². The molecule has 0 amide bonds. The quantitative estimate of drug-likeness (QED) is 0.551. The lowest BCUT2D eigenvalue weighted by Crippen LogP contribution is -2.16. The molecule has 1 saturated carbocycles. The topological polar surface area (TPSA) is 81.2 Å². The number of anilines is 1. The van der Waals surface area contributed by atoms with Crippen molar-refractivity contribution in [2.45, 2.75) is 41.8 Å².